The van der Waals surface area contributed by atoms with Gasteiger partial charge in [0, 0.05) is 23.2 Å². The summed E-state index contributed by atoms with van der Waals surface area (Å²) >= 11 is 7.37. The molecule has 2 rings (SSSR count). The molecular weight excluding hydrogens is 272 g/mol. The van der Waals surface area contributed by atoms with Crippen molar-refractivity contribution in [3.63, 3.8) is 0 Å². The first-order chi connectivity index (χ1) is 9.34. The van der Waals surface area contributed by atoms with Crippen molar-refractivity contribution in [3.05, 3.63) is 30.3 Å². The molecule has 1 aliphatic carbocycles. The summed E-state index contributed by atoms with van der Waals surface area (Å²) < 4.78 is 0. The molecule has 0 heterocycles. The van der Waals surface area contributed by atoms with E-state index in [1.807, 2.05) is 30.3 Å². The summed E-state index contributed by atoms with van der Waals surface area (Å²) in [7, 11) is 0. The van der Waals surface area contributed by atoms with Crippen LogP contribution in [0.3, 0.4) is 0 Å². The molecule has 0 aromatic heterocycles. The third kappa shape index (κ3) is 5.83. The fourth-order valence-electron chi connectivity index (χ4n) is 2.32. The zero-order chi connectivity index (χ0) is 13.3. The van der Waals surface area contributed by atoms with Crippen LogP contribution in [-0.4, -0.2) is 22.7 Å². The topological polar surface area (TPSA) is 24.1 Å². The normalized spacial score (nSPS) is 16.0. The number of thioether (sulfide) groups is 1. The van der Waals surface area contributed by atoms with Crippen molar-refractivity contribution < 1.29 is 0 Å². The van der Waals surface area contributed by atoms with Crippen molar-refractivity contribution in [2.24, 2.45) is 0 Å². The van der Waals surface area contributed by atoms with E-state index >= 15 is 0 Å². The summed E-state index contributed by atoms with van der Waals surface area (Å²) in [6, 6.07) is 10.0. The molecule has 1 saturated carbocycles. The van der Waals surface area contributed by atoms with E-state index < -0.39 is 0 Å². The molecule has 1 aromatic carbocycles. The molecule has 0 aliphatic heterocycles. The average Bonchev–Trinajstić information content (AvgIpc) is 2.46. The van der Waals surface area contributed by atoms with Gasteiger partial charge in [-0.2, -0.15) is 11.8 Å². The van der Waals surface area contributed by atoms with Crippen molar-refractivity contribution in [1.82, 2.24) is 5.32 Å². The van der Waals surface area contributed by atoms with Gasteiger partial charge in [0.15, 0.2) is 5.11 Å². The maximum atomic E-state index is 5.27. The Morgan fingerprint density at radius 2 is 1.89 bits per heavy atom. The quantitative estimate of drug-likeness (QED) is 0.632. The lowest BCUT2D eigenvalue weighted by molar-refractivity contribution is 0.516. The molecule has 0 spiro atoms. The molecular formula is C15H22N2S2. The van der Waals surface area contributed by atoms with Gasteiger partial charge in [-0.3, -0.25) is 0 Å². The number of para-hydroxylation sites is 1. The van der Waals surface area contributed by atoms with Gasteiger partial charge in [0.05, 0.1) is 0 Å². The number of rotatable bonds is 5. The van der Waals surface area contributed by atoms with Crippen molar-refractivity contribution in [3.8, 4) is 0 Å². The highest BCUT2D eigenvalue weighted by Crippen LogP contribution is 2.27. The zero-order valence-electron chi connectivity index (χ0n) is 11.2. The number of hydrogen-bond acceptors (Lipinski definition) is 2. The maximum absolute atomic E-state index is 5.27. The van der Waals surface area contributed by atoms with E-state index in [2.05, 4.69) is 22.4 Å². The van der Waals surface area contributed by atoms with E-state index in [4.69, 9.17) is 12.2 Å². The Bertz CT molecular complexity index is 375. The highest BCUT2D eigenvalue weighted by molar-refractivity contribution is 7.99. The smallest absolute Gasteiger partial charge is 0.170 e. The molecule has 0 unspecified atom stereocenters. The molecule has 19 heavy (non-hydrogen) atoms. The summed E-state index contributed by atoms with van der Waals surface area (Å²) in [5, 5.41) is 8.06. The van der Waals surface area contributed by atoms with Crippen molar-refractivity contribution in [1.29, 1.82) is 0 Å². The lowest BCUT2D eigenvalue weighted by Gasteiger charge is -2.21. The molecule has 4 heteroatoms. The highest BCUT2D eigenvalue weighted by atomic mass is 32.2. The van der Waals surface area contributed by atoms with Gasteiger partial charge in [-0.1, -0.05) is 37.5 Å². The first kappa shape index (κ1) is 14.7. The Morgan fingerprint density at radius 1 is 1.16 bits per heavy atom. The second-order valence-corrected chi connectivity index (χ2v) is 6.69. The average molecular weight is 294 g/mol. The van der Waals surface area contributed by atoms with Crippen LogP contribution in [-0.2, 0) is 0 Å². The van der Waals surface area contributed by atoms with Crippen LogP contribution in [0.1, 0.15) is 32.1 Å². The van der Waals surface area contributed by atoms with Crippen molar-refractivity contribution in [2.45, 2.75) is 37.4 Å². The standard InChI is InChI=1S/C15H22N2S2/c18-15(17-13-7-3-1-4-8-13)16-11-12-19-14-9-5-2-6-10-14/h1,3-4,7-8,14H,2,5-6,9-12H2,(H2,16,17,18). The molecule has 2 N–H and O–H groups in total. The summed E-state index contributed by atoms with van der Waals surface area (Å²) in [4.78, 5) is 0. The molecule has 104 valence electrons. The molecule has 2 nitrogen and oxygen atoms in total. The Kier molecular flexibility index (Phi) is 6.51. The van der Waals surface area contributed by atoms with Crippen LogP contribution < -0.4 is 10.6 Å². The molecule has 0 bridgehead atoms. The molecule has 0 radical (unpaired) electrons. The van der Waals surface area contributed by atoms with Crippen LogP contribution in [0.2, 0.25) is 0 Å². The van der Waals surface area contributed by atoms with Gasteiger partial charge in [-0.25, -0.2) is 0 Å². The first-order valence-electron chi connectivity index (χ1n) is 7.06. The minimum atomic E-state index is 0.718. The molecule has 1 fully saturated rings. The van der Waals surface area contributed by atoms with Crippen LogP contribution in [0, 0.1) is 0 Å². The minimum Gasteiger partial charge on any atom is -0.362 e. The lowest BCUT2D eigenvalue weighted by atomic mass is 10.0. The zero-order valence-corrected chi connectivity index (χ0v) is 12.9. The Labute approximate surface area is 125 Å². The van der Waals surface area contributed by atoms with E-state index in [0.717, 1.165) is 28.3 Å². The highest BCUT2D eigenvalue weighted by Gasteiger charge is 2.12. The van der Waals surface area contributed by atoms with E-state index in [-0.39, 0.29) is 0 Å². The van der Waals surface area contributed by atoms with E-state index in [1.54, 1.807) is 0 Å². The second kappa shape index (κ2) is 8.43. The summed E-state index contributed by atoms with van der Waals surface area (Å²) in [6.07, 6.45) is 7.06. The number of thiocarbonyl (C=S) groups is 1. The van der Waals surface area contributed by atoms with Gasteiger partial charge < -0.3 is 10.6 Å². The third-order valence-corrected chi connectivity index (χ3v) is 4.95. The lowest BCUT2D eigenvalue weighted by Crippen LogP contribution is -2.30. The fraction of sp³-hybridized carbons (Fsp3) is 0.533. The molecule has 1 aliphatic rings. The SMILES string of the molecule is S=C(NCCSC1CCCCC1)Nc1ccccc1. The number of hydrogen-bond donors (Lipinski definition) is 2. The predicted molar refractivity (Wildman–Crippen MR) is 90.0 cm³/mol. The van der Waals surface area contributed by atoms with E-state index in [1.165, 1.54) is 32.1 Å². The van der Waals surface area contributed by atoms with Gasteiger partial charge in [0.1, 0.15) is 0 Å². The number of anilines is 1. The van der Waals surface area contributed by atoms with Crippen LogP contribution in [0.15, 0.2) is 30.3 Å². The summed E-state index contributed by atoms with van der Waals surface area (Å²) in [5.41, 5.74) is 1.04. The minimum absolute atomic E-state index is 0.718. The van der Waals surface area contributed by atoms with Gasteiger partial charge >= 0.3 is 0 Å². The largest absolute Gasteiger partial charge is 0.362 e. The maximum Gasteiger partial charge on any atom is 0.170 e. The van der Waals surface area contributed by atoms with Gasteiger partial charge in [-0.15, -0.1) is 0 Å². The van der Waals surface area contributed by atoms with Gasteiger partial charge in [-0.05, 0) is 37.2 Å². The third-order valence-electron chi connectivity index (χ3n) is 3.33. The molecule has 0 atom stereocenters. The Morgan fingerprint density at radius 3 is 2.63 bits per heavy atom. The van der Waals surface area contributed by atoms with E-state index in [9.17, 15) is 0 Å². The van der Waals surface area contributed by atoms with Crippen LogP contribution in [0.25, 0.3) is 0 Å². The summed E-state index contributed by atoms with van der Waals surface area (Å²) in [6.45, 7) is 0.944. The van der Waals surface area contributed by atoms with Gasteiger partial charge in [0.25, 0.3) is 0 Å². The fourth-order valence-corrected chi connectivity index (χ4v) is 3.76. The van der Waals surface area contributed by atoms with E-state index in [0.29, 0.717) is 0 Å². The first-order valence-corrected chi connectivity index (χ1v) is 8.52. The van der Waals surface area contributed by atoms with Crippen molar-refractivity contribution >= 4 is 34.8 Å². The summed E-state index contributed by atoms with van der Waals surface area (Å²) in [5.74, 6) is 1.14. The van der Waals surface area contributed by atoms with Gasteiger partial charge in [0.2, 0.25) is 0 Å². The molecule has 0 amide bonds. The molecule has 1 aromatic rings. The predicted octanol–water partition coefficient (Wildman–Crippen LogP) is 4.04. The number of benzene rings is 1. The Balaban J connectivity index is 1.56. The van der Waals surface area contributed by atoms with Crippen LogP contribution in [0.5, 0.6) is 0 Å². The molecule has 0 saturated heterocycles. The van der Waals surface area contributed by atoms with Crippen molar-refractivity contribution in [2.75, 3.05) is 17.6 Å². The number of nitrogens with one attached hydrogen (secondary N) is 2. The second-order valence-electron chi connectivity index (χ2n) is 4.88. The van der Waals surface area contributed by atoms with Crippen LogP contribution in [0.4, 0.5) is 5.69 Å². The monoisotopic (exact) mass is 294 g/mol. The van der Waals surface area contributed by atoms with Crippen LogP contribution >= 0.6 is 24.0 Å². The Hall–Kier alpha value is -0.740.